The fraction of sp³-hybridized carbons (Fsp3) is 0.0909. The third kappa shape index (κ3) is 2.79. The van der Waals surface area contributed by atoms with Gasteiger partial charge in [-0.2, -0.15) is 5.26 Å². The van der Waals surface area contributed by atoms with Crippen LogP contribution in [0, 0.1) is 17.1 Å². The van der Waals surface area contributed by atoms with Gasteiger partial charge in [-0.25, -0.2) is 9.37 Å². The van der Waals surface area contributed by atoms with Crippen molar-refractivity contribution in [3.8, 4) is 6.07 Å². The lowest BCUT2D eigenvalue weighted by Crippen LogP contribution is -2.47. The van der Waals surface area contributed by atoms with Crippen molar-refractivity contribution in [2.75, 3.05) is 10.6 Å². The molecule has 0 saturated heterocycles. The van der Waals surface area contributed by atoms with E-state index in [9.17, 15) is 19.2 Å². The van der Waals surface area contributed by atoms with Crippen LogP contribution in [0.1, 0.15) is 16.7 Å². The van der Waals surface area contributed by atoms with E-state index in [-0.39, 0.29) is 28.6 Å². The minimum absolute atomic E-state index is 0.0110. The van der Waals surface area contributed by atoms with Crippen LogP contribution in [0.5, 0.6) is 0 Å². The highest BCUT2D eigenvalue weighted by atomic mass is 32.2. The van der Waals surface area contributed by atoms with E-state index in [0.29, 0.717) is 22.2 Å². The lowest BCUT2D eigenvalue weighted by atomic mass is 9.69. The maximum atomic E-state index is 13.3. The number of anilines is 2. The molecule has 2 aromatic carbocycles. The van der Waals surface area contributed by atoms with Crippen LogP contribution in [0.4, 0.5) is 15.9 Å². The Bertz CT molecular complexity index is 1410. The third-order valence-electron chi connectivity index (χ3n) is 5.49. The number of benzene rings is 2. The highest BCUT2D eigenvalue weighted by Crippen LogP contribution is 2.50. The number of fused-ring (bicyclic) bond motifs is 4. The van der Waals surface area contributed by atoms with Gasteiger partial charge in [0.2, 0.25) is 5.91 Å². The van der Waals surface area contributed by atoms with Gasteiger partial charge in [-0.1, -0.05) is 42.1 Å². The molecule has 158 valence electrons. The van der Waals surface area contributed by atoms with Gasteiger partial charge in [0.1, 0.15) is 28.9 Å². The van der Waals surface area contributed by atoms with Crippen LogP contribution in [0.2, 0.25) is 0 Å². The quantitative estimate of drug-likeness (QED) is 0.358. The number of hydrogen-bond acceptors (Lipinski definition) is 7. The largest absolute Gasteiger partial charge is 0.384 e. The van der Waals surface area contributed by atoms with Gasteiger partial charge in [0.25, 0.3) is 5.56 Å². The normalized spacial score (nSPS) is 18.6. The molecule has 0 saturated carbocycles. The molecule has 5 rings (SSSR count). The molecule has 1 atom stereocenters. The second-order valence-corrected chi connectivity index (χ2v) is 8.25. The molecule has 32 heavy (non-hydrogen) atoms. The number of aromatic nitrogens is 2. The number of H-pyrrole nitrogens is 1. The maximum absolute atomic E-state index is 13.3. The first-order chi connectivity index (χ1) is 15.4. The molecule has 2 aliphatic heterocycles. The minimum atomic E-state index is -1.70. The summed E-state index contributed by atoms with van der Waals surface area (Å²) in [5.41, 5.74) is 5.63. The summed E-state index contributed by atoms with van der Waals surface area (Å²) in [6.07, 6.45) is 0. The lowest BCUT2D eigenvalue weighted by molar-refractivity contribution is -0.118. The average molecular weight is 446 g/mol. The number of thioether (sulfide) groups is 1. The molecule has 2 aliphatic rings. The fourth-order valence-corrected chi connectivity index (χ4v) is 4.92. The molecule has 0 bridgehead atoms. The van der Waals surface area contributed by atoms with Crippen molar-refractivity contribution in [3.05, 3.63) is 92.8 Å². The minimum Gasteiger partial charge on any atom is -0.384 e. The van der Waals surface area contributed by atoms with E-state index in [1.165, 1.54) is 23.9 Å². The number of para-hydroxylation sites is 1. The van der Waals surface area contributed by atoms with Gasteiger partial charge in [0, 0.05) is 17.0 Å². The SMILES string of the molecule is N#CC1=C(N)Nc2nc(SCc3ccc(F)cc3)[nH]c(=O)c2[C@]12C(=O)Nc1ccccc12. The summed E-state index contributed by atoms with van der Waals surface area (Å²) in [5, 5.41) is 15.7. The topological polar surface area (TPSA) is 137 Å². The first kappa shape index (κ1) is 19.8. The molecule has 10 heteroatoms. The Morgan fingerprint density at radius 1 is 1.12 bits per heavy atom. The number of hydrogen-bond donors (Lipinski definition) is 4. The summed E-state index contributed by atoms with van der Waals surface area (Å²) < 4.78 is 13.1. The summed E-state index contributed by atoms with van der Waals surface area (Å²) in [6, 6.07) is 14.9. The molecule has 0 fully saturated rings. The van der Waals surface area contributed by atoms with E-state index in [1.807, 2.05) is 6.07 Å². The van der Waals surface area contributed by atoms with E-state index in [4.69, 9.17) is 5.73 Å². The number of rotatable bonds is 3. The Labute approximate surface area is 185 Å². The monoisotopic (exact) mass is 446 g/mol. The van der Waals surface area contributed by atoms with Gasteiger partial charge in [0.05, 0.1) is 11.1 Å². The van der Waals surface area contributed by atoms with Crippen molar-refractivity contribution in [2.45, 2.75) is 16.3 Å². The molecule has 0 radical (unpaired) electrons. The zero-order valence-electron chi connectivity index (χ0n) is 16.4. The predicted molar refractivity (Wildman–Crippen MR) is 117 cm³/mol. The number of carbonyl (C=O) groups is 1. The number of nitrogens with zero attached hydrogens (tertiary/aromatic N) is 2. The van der Waals surface area contributed by atoms with Gasteiger partial charge in [-0.3, -0.25) is 9.59 Å². The first-order valence-electron chi connectivity index (χ1n) is 9.55. The molecule has 3 aromatic rings. The highest BCUT2D eigenvalue weighted by Gasteiger charge is 2.57. The second-order valence-electron chi connectivity index (χ2n) is 7.29. The average Bonchev–Trinajstić information content (AvgIpc) is 3.05. The number of nitriles is 1. The summed E-state index contributed by atoms with van der Waals surface area (Å²) in [4.78, 5) is 33.7. The molecule has 1 aromatic heterocycles. The fourth-order valence-electron chi connectivity index (χ4n) is 4.11. The first-order valence-corrected chi connectivity index (χ1v) is 10.5. The lowest BCUT2D eigenvalue weighted by Gasteiger charge is -2.33. The molecule has 1 amide bonds. The van der Waals surface area contributed by atoms with E-state index < -0.39 is 16.9 Å². The Hall–Kier alpha value is -4.10. The van der Waals surface area contributed by atoms with Crippen molar-refractivity contribution >= 4 is 29.2 Å². The van der Waals surface area contributed by atoms with Crippen LogP contribution in [0.25, 0.3) is 0 Å². The van der Waals surface area contributed by atoms with E-state index >= 15 is 0 Å². The van der Waals surface area contributed by atoms with Gasteiger partial charge in [-0.05, 0) is 23.8 Å². The zero-order chi connectivity index (χ0) is 22.5. The number of amides is 1. The smallest absolute Gasteiger partial charge is 0.258 e. The van der Waals surface area contributed by atoms with E-state index in [2.05, 4.69) is 20.6 Å². The molecular formula is C22H15FN6O2S. The van der Waals surface area contributed by atoms with E-state index in [0.717, 1.165) is 5.56 Å². The molecule has 5 N–H and O–H groups in total. The molecule has 0 unspecified atom stereocenters. The Morgan fingerprint density at radius 3 is 2.62 bits per heavy atom. The van der Waals surface area contributed by atoms with Crippen molar-refractivity contribution < 1.29 is 9.18 Å². The summed E-state index contributed by atoms with van der Waals surface area (Å²) in [7, 11) is 0. The van der Waals surface area contributed by atoms with Crippen molar-refractivity contribution in [2.24, 2.45) is 5.73 Å². The van der Waals surface area contributed by atoms with Crippen LogP contribution >= 0.6 is 11.8 Å². The molecule has 1 spiro atoms. The van der Waals surface area contributed by atoms with Crippen LogP contribution in [0.3, 0.4) is 0 Å². The number of nitrogens with one attached hydrogen (secondary N) is 3. The Morgan fingerprint density at radius 2 is 1.88 bits per heavy atom. The summed E-state index contributed by atoms with van der Waals surface area (Å²) in [6.45, 7) is 0. The Balaban J connectivity index is 1.64. The third-order valence-corrected chi connectivity index (χ3v) is 6.44. The van der Waals surface area contributed by atoms with E-state index in [1.54, 1.807) is 36.4 Å². The molecule has 0 aliphatic carbocycles. The Kier molecular flexibility index (Phi) is 4.49. The maximum Gasteiger partial charge on any atom is 0.258 e. The number of halogens is 1. The zero-order valence-corrected chi connectivity index (χ0v) is 17.2. The van der Waals surface area contributed by atoms with Gasteiger partial charge >= 0.3 is 0 Å². The van der Waals surface area contributed by atoms with Gasteiger partial charge in [0.15, 0.2) is 5.16 Å². The standard InChI is InChI=1S/C22H15FN6O2S/c23-12-7-5-11(6-8-12)10-32-21-28-18-16(19(30)29-21)22(14(9-24)17(25)27-18)13-3-1-2-4-15(13)26-20(22)31/h1-8H,10,25H2,(H,26,31)(H2,27,28,29,30)/t22-/m1/s1. The van der Waals surface area contributed by atoms with Crippen molar-refractivity contribution in [1.29, 1.82) is 5.26 Å². The van der Waals surface area contributed by atoms with Gasteiger partial charge < -0.3 is 21.4 Å². The number of aromatic amines is 1. The van der Waals surface area contributed by atoms with Crippen LogP contribution in [0.15, 0.2) is 69.9 Å². The molecule has 8 nitrogen and oxygen atoms in total. The number of carbonyl (C=O) groups excluding carboxylic acids is 1. The summed E-state index contributed by atoms with van der Waals surface area (Å²) in [5.74, 6) is -0.372. The van der Waals surface area contributed by atoms with Gasteiger partial charge in [-0.15, -0.1) is 0 Å². The van der Waals surface area contributed by atoms with Crippen LogP contribution < -0.4 is 21.9 Å². The second kappa shape index (κ2) is 7.25. The molecular weight excluding hydrogens is 431 g/mol. The van der Waals surface area contributed by atoms with Crippen molar-refractivity contribution in [3.63, 3.8) is 0 Å². The molecule has 3 heterocycles. The van der Waals surface area contributed by atoms with Crippen molar-refractivity contribution in [1.82, 2.24) is 9.97 Å². The van der Waals surface area contributed by atoms with Crippen LogP contribution in [-0.2, 0) is 16.0 Å². The summed E-state index contributed by atoms with van der Waals surface area (Å²) >= 11 is 1.24. The predicted octanol–water partition coefficient (Wildman–Crippen LogP) is 2.56. The number of nitrogens with two attached hydrogens (primary N) is 1. The van der Waals surface area contributed by atoms with Crippen LogP contribution in [-0.4, -0.2) is 15.9 Å². The highest BCUT2D eigenvalue weighted by molar-refractivity contribution is 7.98.